The van der Waals surface area contributed by atoms with Crippen molar-refractivity contribution < 1.29 is 119 Å². The lowest BCUT2D eigenvalue weighted by Gasteiger charge is -2.48. The third kappa shape index (κ3) is 9.97. The Morgan fingerprint density at radius 3 is 1.50 bits per heavy atom. The van der Waals surface area contributed by atoms with E-state index < -0.39 is 157 Å². The highest BCUT2D eigenvalue weighted by Gasteiger charge is 2.54. The molecule has 27 heteroatoms. The topological polar surface area (TPSA) is 394 Å². The average molecular weight is 781 g/mol. The molecular weight excluding hydrogens is 740 g/mol. The van der Waals surface area contributed by atoms with Gasteiger partial charge >= 0.3 is 20.8 Å². The molecule has 0 spiro atoms. The van der Waals surface area contributed by atoms with Gasteiger partial charge in [-0.25, -0.2) is 8.37 Å². The Labute approximate surface area is 282 Å². The van der Waals surface area contributed by atoms with E-state index in [1.54, 1.807) is 0 Å². The van der Waals surface area contributed by atoms with Crippen molar-refractivity contribution in [3.63, 3.8) is 0 Å². The predicted molar refractivity (Wildman–Crippen MR) is 147 cm³/mol. The number of ether oxygens (including phenoxy) is 7. The Hall–Kier alpha value is -0.940. The van der Waals surface area contributed by atoms with E-state index in [9.17, 15) is 67.9 Å². The standard InChI is InChI=1S/C23H40O25S2/c1-5-9(25)17(46-21-14(30)13(29)11(27)7(44-21)3-41-49(34,35)36)15(31)22(43-5)47-18-12(28)8(4-42-50(37,38)39)45-23(16(18)32)48-19-10(26)6(24)2-40-20(19)33/h5-33H,2-4H2,1H3,(H,34,35,36)(H,37,38,39)/t5-,6-,7-,8-,9-,10+,11-,12-,13+,14-,15-,16-,17+,18+,19-,20-,21+,22+,23+/m1/s1. The molecule has 12 N–H and O–H groups in total. The molecule has 4 saturated heterocycles. The van der Waals surface area contributed by atoms with E-state index in [4.69, 9.17) is 42.3 Å². The Morgan fingerprint density at radius 1 is 0.540 bits per heavy atom. The third-order valence-corrected chi connectivity index (χ3v) is 9.05. The van der Waals surface area contributed by atoms with Gasteiger partial charge in [-0.15, -0.1) is 0 Å². The van der Waals surface area contributed by atoms with E-state index in [-0.39, 0.29) is 0 Å². The molecule has 0 amide bonds. The minimum atomic E-state index is -5.14. The van der Waals surface area contributed by atoms with Gasteiger partial charge in [0.1, 0.15) is 85.5 Å². The normalized spacial score (nSPS) is 48.0. The summed E-state index contributed by atoms with van der Waals surface area (Å²) in [7, 11) is -10.2. The van der Waals surface area contributed by atoms with Crippen LogP contribution in [0.25, 0.3) is 0 Å². The van der Waals surface area contributed by atoms with Gasteiger partial charge in [-0.3, -0.25) is 9.11 Å². The number of aliphatic hydroxyl groups excluding tert-OH is 10. The van der Waals surface area contributed by atoms with Gasteiger partial charge in [0.15, 0.2) is 25.2 Å². The SMILES string of the molecule is C[C@H]1O[C@@H](O[C@@H]2[C@@H](O)[C@H](O[C@@H]3[C@@H](O)[C@H](O)CO[C@H]3O)O[C@H](COS(=O)(=O)O)[C@H]2O)[C@H](O)[C@@H](O[C@@H]2O[C@H](COS(=O)(=O)O)[C@@H](O)[C@H](O)[C@H]2O)[C@@H]1O. The largest absolute Gasteiger partial charge is 0.397 e. The number of hydrogen-bond acceptors (Lipinski definition) is 23. The first-order valence-electron chi connectivity index (χ1n) is 14.7. The van der Waals surface area contributed by atoms with Crippen LogP contribution in [0.4, 0.5) is 0 Å². The summed E-state index contributed by atoms with van der Waals surface area (Å²) in [6.07, 6.45) is -36.4. The molecule has 4 fully saturated rings. The van der Waals surface area contributed by atoms with Crippen molar-refractivity contribution in [1.82, 2.24) is 0 Å². The third-order valence-electron chi connectivity index (χ3n) is 8.18. The van der Waals surface area contributed by atoms with Crippen LogP contribution >= 0.6 is 0 Å². The van der Waals surface area contributed by atoms with Crippen LogP contribution in [0.5, 0.6) is 0 Å². The smallest absolute Gasteiger partial charge is 0.388 e. The lowest BCUT2D eigenvalue weighted by Crippen LogP contribution is -2.67. The highest BCUT2D eigenvalue weighted by molar-refractivity contribution is 7.81. The highest BCUT2D eigenvalue weighted by Crippen LogP contribution is 2.34. The highest BCUT2D eigenvalue weighted by atomic mass is 32.3. The Kier molecular flexibility index (Phi) is 13.9. The summed E-state index contributed by atoms with van der Waals surface area (Å²) in [5, 5.41) is 105. The molecule has 0 saturated carbocycles. The molecule has 50 heavy (non-hydrogen) atoms. The van der Waals surface area contributed by atoms with Crippen LogP contribution in [0.15, 0.2) is 0 Å². The van der Waals surface area contributed by atoms with Gasteiger partial charge in [-0.2, -0.15) is 16.8 Å². The van der Waals surface area contributed by atoms with Crippen LogP contribution in [0, 0.1) is 0 Å². The number of rotatable bonds is 12. The summed E-state index contributed by atoms with van der Waals surface area (Å²) < 4.78 is 108. The minimum absolute atomic E-state index is 0.517. The molecule has 4 heterocycles. The molecule has 4 aliphatic heterocycles. The maximum atomic E-state index is 11.2. The monoisotopic (exact) mass is 780 g/mol. The first-order chi connectivity index (χ1) is 23.1. The summed E-state index contributed by atoms with van der Waals surface area (Å²) in [4.78, 5) is 0. The summed E-state index contributed by atoms with van der Waals surface area (Å²) in [5.41, 5.74) is 0. The second-order valence-electron chi connectivity index (χ2n) is 11.7. The van der Waals surface area contributed by atoms with Crippen molar-refractivity contribution in [2.24, 2.45) is 0 Å². The first-order valence-corrected chi connectivity index (χ1v) is 17.4. The molecule has 0 aliphatic carbocycles. The number of hydrogen-bond donors (Lipinski definition) is 12. The van der Waals surface area contributed by atoms with E-state index in [2.05, 4.69) is 8.37 Å². The molecule has 4 rings (SSSR count). The van der Waals surface area contributed by atoms with Gasteiger partial charge in [-0.1, -0.05) is 0 Å². The zero-order valence-corrected chi connectivity index (χ0v) is 27.2. The molecule has 294 valence electrons. The molecule has 0 aromatic rings. The fraction of sp³-hybridized carbons (Fsp3) is 1.00. The van der Waals surface area contributed by atoms with Crippen LogP contribution in [-0.2, 0) is 62.3 Å². The van der Waals surface area contributed by atoms with E-state index in [1.165, 1.54) is 6.92 Å². The fourth-order valence-electron chi connectivity index (χ4n) is 5.45. The number of aliphatic hydroxyl groups is 10. The zero-order chi connectivity index (χ0) is 37.5. The van der Waals surface area contributed by atoms with Crippen molar-refractivity contribution in [1.29, 1.82) is 0 Å². The quantitative estimate of drug-likeness (QED) is 0.0818. The van der Waals surface area contributed by atoms with Crippen molar-refractivity contribution in [2.45, 2.75) is 124 Å². The van der Waals surface area contributed by atoms with Crippen LogP contribution in [0.3, 0.4) is 0 Å². The van der Waals surface area contributed by atoms with Crippen LogP contribution in [0.2, 0.25) is 0 Å². The van der Waals surface area contributed by atoms with Crippen LogP contribution in [0.1, 0.15) is 6.92 Å². The van der Waals surface area contributed by atoms with Crippen LogP contribution in [-0.4, -0.2) is 214 Å². The molecule has 4 aliphatic rings. The van der Waals surface area contributed by atoms with E-state index in [0.29, 0.717) is 0 Å². The Morgan fingerprint density at radius 2 is 0.980 bits per heavy atom. The molecular formula is C23H40O25S2. The summed E-state index contributed by atoms with van der Waals surface area (Å²) in [6.45, 7) is -1.53. The second-order valence-corrected chi connectivity index (χ2v) is 13.9. The molecule has 19 atom stereocenters. The maximum Gasteiger partial charge on any atom is 0.397 e. The lowest BCUT2D eigenvalue weighted by atomic mass is 9.96. The molecule has 0 unspecified atom stereocenters. The van der Waals surface area contributed by atoms with Gasteiger partial charge in [0.2, 0.25) is 0 Å². The molecule has 0 bridgehead atoms. The van der Waals surface area contributed by atoms with E-state index in [1.807, 2.05) is 0 Å². The first kappa shape index (κ1) is 41.8. The second kappa shape index (κ2) is 16.6. The predicted octanol–water partition coefficient (Wildman–Crippen LogP) is -8.43. The Balaban J connectivity index is 1.54. The van der Waals surface area contributed by atoms with Gasteiger partial charge in [-0.05, 0) is 6.92 Å². The fourth-order valence-corrected chi connectivity index (χ4v) is 6.06. The van der Waals surface area contributed by atoms with E-state index >= 15 is 0 Å². The van der Waals surface area contributed by atoms with Crippen molar-refractivity contribution in [3.05, 3.63) is 0 Å². The average Bonchev–Trinajstić information content (AvgIpc) is 3.02. The molecule has 0 radical (unpaired) electrons. The van der Waals surface area contributed by atoms with Crippen LogP contribution < -0.4 is 0 Å². The van der Waals surface area contributed by atoms with Gasteiger partial charge in [0.05, 0.1) is 25.9 Å². The van der Waals surface area contributed by atoms with Gasteiger partial charge in [0, 0.05) is 0 Å². The maximum absolute atomic E-state index is 11.2. The lowest BCUT2D eigenvalue weighted by molar-refractivity contribution is -0.387. The van der Waals surface area contributed by atoms with Gasteiger partial charge in [0.25, 0.3) is 0 Å². The molecule has 0 aromatic heterocycles. The summed E-state index contributed by atoms with van der Waals surface area (Å²) in [6, 6.07) is 0. The van der Waals surface area contributed by atoms with Crippen molar-refractivity contribution in [3.8, 4) is 0 Å². The molecule has 25 nitrogen and oxygen atoms in total. The van der Waals surface area contributed by atoms with E-state index in [0.717, 1.165) is 0 Å². The minimum Gasteiger partial charge on any atom is -0.388 e. The Bertz CT molecular complexity index is 1320. The zero-order valence-electron chi connectivity index (χ0n) is 25.6. The summed E-state index contributed by atoms with van der Waals surface area (Å²) in [5.74, 6) is 0. The van der Waals surface area contributed by atoms with Crippen molar-refractivity contribution >= 4 is 20.8 Å². The van der Waals surface area contributed by atoms with Crippen molar-refractivity contribution in [2.75, 3.05) is 19.8 Å². The molecule has 0 aromatic carbocycles. The van der Waals surface area contributed by atoms with Gasteiger partial charge < -0.3 is 84.2 Å². The summed E-state index contributed by atoms with van der Waals surface area (Å²) >= 11 is 0.